The fraction of sp³-hybridized carbons (Fsp3) is 0.793. The van der Waals surface area contributed by atoms with Crippen LogP contribution in [0.3, 0.4) is 0 Å². The van der Waals surface area contributed by atoms with E-state index in [1.165, 1.54) is 56.9 Å². The summed E-state index contributed by atoms with van der Waals surface area (Å²) in [6, 6.07) is 0. The van der Waals surface area contributed by atoms with Gasteiger partial charge in [-0.2, -0.15) is 0 Å². The number of rotatable bonds is 5. The number of aliphatic hydroxyl groups is 1. The van der Waals surface area contributed by atoms with Gasteiger partial charge in [-0.15, -0.1) is 0 Å². The van der Waals surface area contributed by atoms with E-state index in [2.05, 4.69) is 53.7 Å². The molecule has 0 radical (unpaired) electrons. The van der Waals surface area contributed by atoms with Crippen molar-refractivity contribution < 1.29 is 5.11 Å². The summed E-state index contributed by atoms with van der Waals surface area (Å²) in [5, 5.41) is 10.7. The number of fused-ring (bicyclic) bond motifs is 4. The first-order chi connectivity index (χ1) is 14.2. The molecule has 1 nitrogen and oxygen atoms in total. The van der Waals surface area contributed by atoms with Crippen LogP contribution < -0.4 is 0 Å². The van der Waals surface area contributed by atoms with E-state index < -0.39 is 0 Å². The summed E-state index contributed by atoms with van der Waals surface area (Å²) in [5.74, 6) is 2.80. The first kappa shape index (κ1) is 22.4. The van der Waals surface area contributed by atoms with E-state index >= 15 is 0 Å². The highest BCUT2D eigenvalue weighted by molar-refractivity contribution is 5.49. The summed E-state index contributed by atoms with van der Waals surface area (Å²) in [7, 11) is 0. The highest BCUT2D eigenvalue weighted by Crippen LogP contribution is 2.65. The molecule has 1 heteroatoms. The van der Waals surface area contributed by atoms with Gasteiger partial charge in [0.15, 0.2) is 0 Å². The Kier molecular flexibility index (Phi) is 6.17. The average Bonchev–Trinajstić information content (AvgIpc) is 3.05. The van der Waals surface area contributed by atoms with Crippen LogP contribution >= 0.6 is 0 Å². The molecule has 0 aromatic rings. The number of hydrogen-bond acceptors (Lipinski definition) is 1. The van der Waals surface area contributed by atoms with Crippen LogP contribution in [-0.2, 0) is 0 Å². The maximum Gasteiger partial charge on any atom is 0.0571 e. The summed E-state index contributed by atoms with van der Waals surface area (Å²) in [5.41, 5.74) is 7.52. The second-order valence-corrected chi connectivity index (χ2v) is 11.9. The molecule has 168 valence electrons. The highest BCUT2D eigenvalue weighted by atomic mass is 16.3. The maximum atomic E-state index is 10.7. The predicted octanol–water partition coefficient (Wildman–Crippen LogP) is 8.01. The van der Waals surface area contributed by atoms with Crippen molar-refractivity contribution in [3.05, 3.63) is 34.4 Å². The van der Waals surface area contributed by atoms with Crippen LogP contribution in [0.2, 0.25) is 0 Å². The van der Waals surface area contributed by atoms with Crippen molar-refractivity contribution in [3.8, 4) is 0 Å². The highest BCUT2D eigenvalue weighted by Gasteiger charge is 2.54. The zero-order chi connectivity index (χ0) is 21.7. The molecular formula is C29H46O. The van der Waals surface area contributed by atoms with Crippen LogP contribution in [0.25, 0.3) is 0 Å². The molecule has 0 heterocycles. The Labute approximate surface area is 186 Å². The van der Waals surface area contributed by atoms with Crippen LogP contribution in [-0.4, -0.2) is 11.2 Å². The Hall–Kier alpha value is -0.820. The minimum atomic E-state index is -0.0687. The van der Waals surface area contributed by atoms with E-state index in [0.29, 0.717) is 22.7 Å². The van der Waals surface area contributed by atoms with Crippen molar-refractivity contribution >= 4 is 0 Å². The van der Waals surface area contributed by atoms with Crippen LogP contribution in [0.4, 0.5) is 0 Å². The lowest BCUT2D eigenvalue weighted by atomic mass is 9.49. The summed E-state index contributed by atoms with van der Waals surface area (Å²) in [4.78, 5) is 0. The van der Waals surface area contributed by atoms with Gasteiger partial charge < -0.3 is 5.11 Å². The minimum Gasteiger partial charge on any atom is -0.393 e. The SMILES string of the molecule is CCC1C2CCC3=C(CC[C@@]4(C)C3=CC[C@@H]4[C@H](C)CCC=C(C)C)[C@@]2(C)CC[C@@H]1O. The van der Waals surface area contributed by atoms with Crippen LogP contribution in [0, 0.1) is 34.5 Å². The van der Waals surface area contributed by atoms with Gasteiger partial charge in [0.25, 0.3) is 0 Å². The topological polar surface area (TPSA) is 20.2 Å². The monoisotopic (exact) mass is 410 g/mol. The summed E-state index contributed by atoms with van der Waals surface area (Å²) < 4.78 is 0. The molecule has 0 saturated heterocycles. The van der Waals surface area contributed by atoms with E-state index in [1.807, 2.05) is 5.57 Å². The maximum absolute atomic E-state index is 10.7. The van der Waals surface area contributed by atoms with Crippen molar-refractivity contribution in [2.24, 2.45) is 34.5 Å². The molecule has 1 N–H and O–H groups in total. The Balaban J connectivity index is 1.59. The number of aliphatic hydroxyl groups excluding tert-OH is 1. The van der Waals surface area contributed by atoms with E-state index in [9.17, 15) is 5.11 Å². The minimum absolute atomic E-state index is 0.0687. The summed E-state index contributed by atoms with van der Waals surface area (Å²) >= 11 is 0. The van der Waals surface area contributed by atoms with E-state index in [4.69, 9.17) is 0 Å². The van der Waals surface area contributed by atoms with Crippen molar-refractivity contribution in [1.29, 1.82) is 0 Å². The standard InChI is InChI=1S/C29H46O/c1-7-21-24-12-11-22-25-14-13-23(20(4)10-8-9-19(2)3)28(25,5)17-15-26(22)29(24,6)18-16-27(21)30/h9,14,20-21,23-24,27,30H,7-8,10-13,15-18H2,1-6H3/t20-,21?,23-,24?,27+,28-,29+/m1/s1. The van der Waals surface area contributed by atoms with Crippen LogP contribution in [0.1, 0.15) is 106 Å². The number of allylic oxidation sites excluding steroid dienone is 6. The molecule has 0 aliphatic heterocycles. The van der Waals surface area contributed by atoms with Crippen LogP contribution in [0.15, 0.2) is 34.4 Å². The van der Waals surface area contributed by atoms with Gasteiger partial charge >= 0.3 is 0 Å². The summed E-state index contributed by atoms with van der Waals surface area (Å²) in [6.45, 7) is 14.4. The third kappa shape index (κ3) is 3.48. The zero-order valence-electron chi connectivity index (χ0n) is 20.6. The third-order valence-corrected chi connectivity index (χ3v) is 10.1. The Morgan fingerprint density at radius 2 is 1.93 bits per heavy atom. The molecule has 4 aliphatic carbocycles. The molecule has 0 bridgehead atoms. The van der Waals surface area contributed by atoms with Gasteiger partial charge in [0.1, 0.15) is 0 Å². The fourth-order valence-corrected chi connectivity index (χ4v) is 8.39. The van der Waals surface area contributed by atoms with Gasteiger partial charge in [0.2, 0.25) is 0 Å². The second-order valence-electron chi connectivity index (χ2n) is 11.9. The van der Waals surface area contributed by atoms with Gasteiger partial charge in [-0.25, -0.2) is 0 Å². The Morgan fingerprint density at radius 1 is 1.17 bits per heavy atom. The first-order valence-electron chi connectivity index (χ1n) is 13.0. The smallest absolute Gasteiger partial charge is 0.0571 e. The molecular weight excluding hydrogens is 364 g/mol. The molecule has 0 aromatic carbocycles. The number of hydrogen-bond donors (Lipinski definition) is 1. The largest absolute Gasteiger partial charge is 0.393 e. The molecule has 30 heavy (non-hydrogen) atoms. The van der Waals surface area contributed by atoms with E-state index in [-0.39, 0.29) is 6.10 Å². The molecule has 0 amide bonds. The first-order valence-corrected chi connectivity index (χ1v) is 13.0. The molecule has 7 atom stereocenters. The van der Waals surface area contributed by atoms with Crippen molar-refractivity contribution in [1.82, 2.24) is 0 Å². The van der Waals surface area contributed by atoms with Gasteiger partial charge in [-0.3, -0.25) is 0 Å². The molecule has 1 saturated carbocycles. The van der Waals surface area contributed by atoms with Gasteiger partial charge in [0, 0.05) is 0 Å². The third-order valence-electron chi connectivity index (χ3n) is 10.1. The Bertz CT molecular complexity index is 750. The van der Waals surface area contributed by atoms with Crippen molar-refractivity contribution in [2.75, 3.05) is 0 Å². The molecule has 0 spiro atoms. The molecule has 4 aliphatic rings. The predicted molar refractivity (Wildman–Crippen MR) is 128 cm³/mol. The quantitative estimate of drug-likeness (QED) is 0.455. The molecule has 0 aromatic heterocycles. The molecule has 2 unspecified atom stereocenters. The Morgan fingerprint density at radius 3 is 2.63 bits per heavy atom. The lowest BCUT2D eigenvalue weighted by Gasteiger charge is -2.56. The van der Waals surface area contributed by atoms with Gasteiger partial charge in [-0.05, 0) is 117 Å². The van der Waals surface area contributed by atoms with Crippen molar-refractivity contribution in [2.45, 2.75) is 112 Å². The van der Waals surface area contributed by atoms with Gasteiger partial charge in [-0.1, -0.05) is 57.4 Å². The van der Waals surface area contributed by atoms with E-state index in [0.717, 1.165) is 24.7 Å². The molecule has 4 rings (SSSR count). The average molecular weight is 411 g/mol. The lowest BCUT2D eigenvalue weighted by molar-refractivity contribution is -0.0386. The normalized spacial score (nSPS) is 41.5. The van der Waals surface area contributed by atoms with Crippen molar-refractivity contribution in [3.63, 3.8) is 0 Å². The lowest BCUT2D eigenvalue weighted by Crippen LogP contribution is -2.48. The van der Waals surface area contributed by atoms with Gasteiger partial charge in [0.05, 0.1) is 6.10 Å². The molecule has 1 fully saturated rings. The van der Waals surface area contributed by atoms with E-state index in [1.54, 1.807) is 11.1 Å². The summed E-state index contributed by atoms with van der Waals surface area (Å²) in [6.07, 6.45) is 17.4. The fourth-order valence-electron chi connectivity index (χ4n) is 8.39. The second kappa shape index (κ2) is 8.27. The zero-order valence-corrected chi connectivity index (χ0v) is 20.6. The van der Waals surface area contributed by atoms with Crippen LogP contribution in [0.5, 0.6) is 0 Å².